The lowest BCUT2D eigenvalue weighted by atomic mass is 10.0. The van der Waals surface area contributed by atoms with Crippen molar-refractivity contribution in [3.8, 4) is 5.75 Å². The first-order valence-electron chi connectivity index (χ1n) is 15.2. The zero-order valence-corrected chi connectivity index (χ0v) is 27.7. The van der Waals surface area contributed by atoms with E-state index in [1.807, 2.05) is 18.2 Å². The van der Waals surface area contributed by atoms with E-state index in [1.165, 1.54) is 25.9 Å². The zero-order valence-electron chi connectivity index (χ0n) is 26.1. The van der Waals surface area contributed by atoms with E-state index in [9.17, 15) is 4.57 Å². The van der Waals surface area contributed by atoms with Gasteiger partial charge in [-0.1, -0.05) is 31.0 Å². The molecule has 2 aliphatic heterocycles. The first kappa shape index (κ1) is 31.6. The van der Waals surface area contributed by atoms with Crippen molar-refractivity contribution in [2.45, 2.75) is 38.6 Å². The van der Waals surface area contributed by atoms with Gasteiger partial charge in [0.05, 0.1) is 24.7 Å². The van der Waals surface area contributed by atoms with Crippen LogP contribution in [0.15, 0.2) is 42.6 Å². The number of rotatable bonds is 10. The van der Waals surface area contributed by atoms with E-state index >= 15 is 0 Å². The van der Waals surface area contributed by atoms with Gasteiger partial charge >= 0.3 is 0 Å². The van der Waals surface area contributed by atoms with Crippen LogP contribution in [0.2, 0.25) is 5.02 Å². The number of aromatic nitrogens is 2. The Morgan fingerprint density at radius 2 is 1.72 bits per heavy atom. The van der Waals surface area contributed by atoms with Crippen molar-refractivity contribution in [3.05, 3.63) is 53.2 Å². The van der Waals surface area contributed by atoms with Crippen LogP contribution < -0.4 is 25.6 Å². The van der Waals surface area contributed by atoms with Gasteiger partial charge in [-0.25, -0.2) is 4.98 Å². The quantitative estimate of drug-likeness (QED) is 0.262. The molecule has 0 radical (unpaired) electrons. The maximum atomic E-state index is 13.1. The highest BCUT2D eigenvalue weighted by molar-refractivity contribution is 7.70. The first-order valence-corrected chi connectivity index (χ1v) is 18.2. The standard InChI is InChI=1S/C32H45ClN7O2P/c1-6-7-23-8-10-28(30(20-23)43(4,5)41)35-31-26(33)22-34-32(37-31)36-27-11-9-25(21-29(27)42-3)39-14-12-24(13-15-39)40-18-16-38(2)17-19-40/h8-11,20-22,24H,6-7,12-19H2,1-5H3,(H2,34,35,36,37). The number of hydrogen-bond acceptors (Lipinski definition) is 9. The topological polar surface area (TPSA) is 85.9 Å². The third-order valence-corrected chi connectivity index (χ3v) is 10.3. The Labute approximate surface area is 261 Å². The van der Waals surface area contributed by atoms with Crippen LogP contribution in [0.5, 0.6) is 5.75 Å². The van der Waals surface area contributed by atoms with Crippen molar-refractivity contribution < 1.29 is 9.30 Å². The molecule has 2 saturated heterocycles. The molecular weight excluding hydrogens is 581 g/mol. The molecule has 0 atom stereocenters. The second kappa shape index (κ2) is 13.9. The number of methoxy groups -OCH3 is 1. The molecule has 3 aromatic rings. The highest BCUT2D eigenvalue weighted by Crippen LogP contribution is 2.40. The molecule has 0 saturated carbocycles. The molecule has 1 aromatic heterocycles. The minimum absolute atomic E-state index is 0.374. The molecule has 9 nitrogen and oxygen atoms in total. The highest BCUT2D eigenvalue weighted by Gasteiger charge is 2.27. The normalized spacial score (nSPS) is 17.2. The predicted octanol–water partition coefficient (Wildman–Crippen LogP) is 6.04. The van der Waals surface area contributed by atoms with Gasteiger partial charge in [-0.05, 0) is 69.5 Å². The van der Waals surface area contributed by atoms with Gasteiger partial charge in [0.2, 0.25) is 5.95 Å². The summed E-state index contributed by atoms with van der Waals surface area (Å²) in [6.45, 7) is 12.4. The van der Waals surface area contributed by atoms with Crippen LogP contribution in [-0.2, 0) is 11.0 Å². The third kappa shape index (κ3) is 7.82. The number of nitrogens with one attached hydrogen (secondary N) is 2. The summed E-state index contributed by atoms with van der Waals surface area (Å²) in [6.07, 6.45) is 5.87. The van der Waals surface area contributed by atoms with E-state index in [4.69, 9.17) is 16.3 Å². The Bertz CT molecular complexity index is 1450. The van der Waals surface area contributed by atoms with Crippen molar-refractivity contribution in [2.24, 2.45) is 0 Å². The molecule has 0 aliphatic carbocycles. The lowest BCUT2D eigenvalue weighted by Gasteiger charge is -2.42. The molecule has 0 bridgehead atoms. The van der Waals surface area contributed by atoms with Gasteiger partial charge in [0.1, 0.15) is 17.9 Å². The van der Waals surface area contributed by atoms with Gasteiger partial charge in [-0.15, -0.1) is 0 Å². The summed E-state index contributed by atoms with van der Waals surface area (Å²) >= 11 is 6.51. The molecule has 2 aromatic carbocycles. The van der Waals surface area contributed by atoms with Crippen LogP contribution in [0.25, 0.3) is 0 Å². The van der Waals surface area contributed by atoms with E-state index in [0.717, 1.165) is 72.7 Å². The number of aryl methyl sites for hydroxylation is 1. The Balaban J connectivity index is 1.28. The SMILES string of the molecule is CCCc1ccc(Nc2nc(Nc3ccc(N4CCC(N5CCN(C)CC5)CC4)cc3OC)ncc2Cl)c(P(C)(C)=O)c1. The molecule has 43 heavy (non-hydrogen) atoms. The zero-order chi connectivity index (χ0) is 30.6. The molecule has 0 spiro atoms. The predicted molar refractivity (Wildman–Crippen MR) is 180 cm³/mol. The summed E-state index contributed by atoms with van der Waals surface area (Å²) in [4.78, 5) is 16.6. The fraction of sp³-hybridized carbons (Fsp3) is 0.500. The summed E-state index contributed by atoms with van der Waals surface area (Å²) in [6, 6.07) is 12.9. The van der Waals surface area contributed by atoms with Crippen molar-refractivity contribution in [1.29, 1.82) is 0 Å². The summed E-state index contributed by atoms with van der Waals surface area (Å²) in [5.41, 5.74) is 3.82. The average Bonchev–Trinajstić information content (AvgIpc) is 3.00. The summed E-state index contributed by atoms with van der Waals surface area (Å²) in [7, 11) is 1.33. The average molecular weight is 626 g/mol. The van der Waals surface area contributed by atoms with E-state index in [-0.39, 0.29) is 0 Å². The first-order chi connectivity index (χ1) is 20.6. The lowest BCUT2D eigenvalue weighted by molar-refractivity contribution is 0.0982. The summed E-state index contributed by atoms with van der Waals surface area (Å²) < 4.78 is 18.9. The second-order valence-corrected chi connectivity index (χ2v) is 15.6. The number of halogens is 1. The molecule has 3 heterocycles. The summed E-state index contributed by atoms with van der Waals surface area (Å²) in [5.74, 6) is 1.54. The van der Waals surface area contributed by atoms with E-state index in [2.05, 4.69) is 67.5 Å². The largest absolute Gasteiger partial charge is 0.494 e. The van der Waals surface area contributed by atoms with Crippen molar-refractivity contribution in [2.75, 3.05) is 82.3 Å². The van der Waals surface area contributed by atoms with Crippen LogP contribution in [0.1, 0.15) is 31.7 Å². The fourth-order valence-corrected chi connectivity index (χ4v) is 7.32. The highest BCUT2D eigenvalue weighted by atomic mass is 35.5. The second-order valence-electron chi connectivity index (χ2n) is 12.0. The van der Waals surface area contributed by atoms with E-state index in [1.54, 1.807) is 26.6 Å². The van der Waals surface area contributed by atoms with Crippen LogP contribution in [-0.4, -0.2) is 92.6 Å². The number of piperazine rings is 1. The smallest absolute Gasteiger partial charge is 0.229 e. The molecular formula is C32H45ClN7O2P. The van der Waals surface area contributed by atoms with Crippen molar-refractivity contribution in [3.63, 3.8) is 0 Å². The minimum Gasteiger partial charge on any atom is -0.494 e. The lowest BCUT2D eigenvalue weighted by Crippen LogP contribution is -2.52. The number of hydrogen-bond donors (Lipinski definition) is 2. The van der Waals surface area contributed by atoms with Crippen LogP contribution in [0, 0.1) is 0 Å². The number of piperidine rings is 1. The van der Waals surface area contributed by atoms with Crippen molar-refractivity contribution >= 4 is 52.9 Å². The van der Waals surface area contributed by atoms with Gasteiger partial charge in [0.15, 0.2) is 5.82 Å². The molecule has 2 N–H and O–H groups in total. The van der Waals surface area contributed by atoms with Gasteiger partial charge in [-0.2, -0.15) is 4.98 Å². The maximum Gasteiger partial charge on any atom is 0.229 e. The monoisotopic (exact) mass is 625 g/mol. The molecule has 232 valence electrons. The minimum atomic E-state index is -2.55. The van der Waals surface area contributed by atoms with Crippen LogP contribution in [0.3, 0.4) is 0 Å². The van der Waals surface area contributed by atoms with Crippen molar-refractivity contribution in [1.82, 2.24) is 19.8 Å². The molecule has 0 unspecified atom stereocenters. The maximum absolute atomic E-state index is 13.1. The Hall–Kier alpha value is -2.84. The Morgan fingerprint density at radius 1 is 1.00 bits per heavy atom. The number of ether oxygens (including phenoxy) is 1. The Kier molecular flexibility index (Phi) is 10.2. The van der Waals surface area contributed by atoms with E-state index < -0.39 is 7.14 Å². The third-order valence-electron chi connectivity index (χ3n) is 8.49. The Morgan fingerprint density at radius 3 is 2.40 bits per heavy atom. The van der Waals surface area contributed by atoms with Crippen LogP contribution >= 0.6 is 18.7 Å². The summed E-state index contributed by atoms with van der Waals surface area (Å²) in [5, 5.41) is 7.77. The van der Waals surface area contributed by atoms with Gasteiger partial charge in [0.25, 0.3) is 0 Å². The molecule has 0 amide bonds. The fourth-order valence-electron chi connectivity index (χ4n) is 5.99. The molecule has 2 aliphatic rings. The molecule has 2 fully saturated rings. The van der Waals surface area contributed by atoms with Crippen LogP contribution in [0.4, 0.5) is 28.8 Å². The number of anilines is 5. The number of likely N-dealkylation sites (N-methyl/N-ethyl adjacent to an activating group) is 1. The van der Waals surface area contributed by atoms with Gasteiger partial charge < -0.3 is 29.7 Å². The number of benzene rings is 2. The molecule has 11 heteroatoms. The van der Waals surface area contributed by atoms with Gasteiger partial charge in [-0.3, -0.25) is 4.90 Å². The van der Waals surface area contributed by atoms with Gasteiger partial charge in [0, 0.05) is 62.4 Å². The molecule has 5 rings (SSSR count). The van der Waals surface area contributed by atoms with E-state index in [0.29, 0.717) is 22.8 Å². The number of nitrogens with zero attached hydrogens (tertiary/aromatic N) is 5.